The predicted molar refractivity (Wildman–Crippen MR) is 247 cm³/mol. The Hall–Kier alpha value is -5.71. The summed E-state index contributed by atoms with van der Waals surface area (Å²) < 4.78 is 48.4. The number of amides is 1. The predicted octanol–water partition coefficient (Wildman–Crippen LogP) is 8.93. The number of rotatable bonds is 11. The van der Waals surface area contributed by atoms with Crippen LogP contribution >= 0.6 is 0 Å². The number of aromatic nitrogens is 2. The van der Waals surface area contributed by atoms with Gasteiger partial charge in [0.1, 0.15) is 29.9 Å². The van der Waals surface area contributed by atoms with Crippen LogP contribution in [-0.4, -0.2) is 83.2 Å². The minimum atomic E-state index is -4.68. The second-order valence-electron chi connectivity index (χ2n) is 20.0. The van der Waals surface area contributed by atoms with Crippen LogP contribution in [0, 0.1) is 21.4 Å². The van der Waals surface area contributed by atoms with Crippen molar-refractivity contribution < 1.29 is 37.5 Å². The van der Waals surface area contributed by atoms with Crippen LogP contribution in [0.3, 0.4) is 0 Å². The Morgan fingerprint density at radius 3 is 2.50 bits per heavy atom. The molecule has 3 N–H and O–H groups in total. The van der Waals surface area contributed by atoms with E-state index in [1.54, 1.807) is 42.4 Å². The average Bonchev–Trinajstić information content (AvgIpc) is 3.84. The van der Waals surface area contributed by atoms with Crippen LogP contribution in [0.5, 0.6) is 23.0 Å². The van der Waals surface area contributed by atoms with Crippen molar-refractivity contribution in [2.75, 3.05) is 31.1 Å². The number of aliphatic hydroxyl groups is 1. The number of nitro benzene ring substituents is 1. The lowest BCUT2D eigenvalue weighted by Crippen LogP contribution is -2.54. The van der Waals surface area contributed by atoms with Crippen LogP contribution in [0.2, 0.25) is 0 Å². The maximum Gasteiger partial charge on any atom is 0.316 e. The molecule has 1 spiro atoms. The van der Waals surface area contributed by atoms with E-state index in [1.807, 2.05) is 12.1 Å². The number of nitro groups is 1. The summed E-state index contributed by atoms with van der Waals surface area (Å²) in [7, 11) is -4.68. The molecule has 0 bridgehead atoms. The van der Waals surface area contributed by atoms with Gasteiger partial charge in [0.15, 0.2) is 5.75 Å². The fourth-order valence-corrected chi connectivity index (χ4v) is 12.6. The smallest absolute Gasteiger partial charge is 0.316 e. The van der Waals surface area contributed by atoms with Gasteiger partial charge in [-0.3, -0.25) is 19.8 Å². The first-order chi connectivity index (χ1) is 31.8. The summed E-state index contributed by atoms with van der Waals surface area (Å²) in [4.78, 5) is 37.8. The van der Waals surface area contributed by atoms with Gasteiger partial charge in [-0.2, -0.15) is 0 Å². The Morgan fingerprint density at radius 1 is 0.970 bits per heavy atom. The van der Waals surface area contributed by atoms with Crippen molar-refractivity contribution in [1.82, 2.24) is 19.6 Å². The number of likely N-dealkylation sites (tertiary alicyclic amines) is 1. The lowest BCUT2D eigenvalue weighted by atomic mass is 9.59. The quantitative estimate of drug-likeness (QED) is 0.0844. The third kappa shape index (κ3) is 8.25. The van der Waals surface area contributed by atoms with Gasteiger partial charge in [0.25, 0.3) is 15.9 Å². The molecule has 3 saturated carbocycles. The van der Waals surface area contributed by atoms with Crippen LogP contribution in [0.25, 0.3) is 11.0 Å². The summed E-state index contributed by atoms with van der Waals surface area (Å²) in [5.74, 6) is -0.0140. The third-order valence-electron chi connectivity index (χ3n) is 15.5. The summed E-state index contributed by atoms with van der Waals surface area (Å²) in [6.45, 7) is 4.68. The van der Waals surface area contributed by atoms with Crippen LogP contribution in [0.1, 0.15) is 117 Å². The molecule has 6 aliphatic rings. The zero-order valence-corrected chi connectivity index (χ0v) is 37.9. The van der Waals surface area contributed by atoms with Gasteiger partial charge >= 0.3 is 5.69 Å². The number of H-pyrrole nitrogens is 1. The second kappa shape index (κ2) is 16.6. The van der Waals surface area contributed by atoms with Crippen molar-refractivity contribution in [3.8, 4) is 23.0 Å². The normalized spacial score (nSPS) is 25.4. The summed E-state index contributed by atoms with van der Waals surface area (Å²) in [5, 5.41) is 23.6. The summed E-state index contributed by atoms with van der Waals surface area (Å²) in [5.41, 5.74) is 3.53. The van der Waals surface area contributed by atoms with Gasteiger partial charge in [0, 0.05) is 60.6 Å². The van der Waals surface area contributed by atoms with E-state index in [0.29, 0.717) is 54.6 Å². The minimum Gasteiger partial charge on any atom is -0.485 e. The number of sulfonamides is 1. The van der Waals surface area contributed by atoms with Gasteiger partial charge in [-0.15, -0.1) is 0 Å². The number of pyridine rings is 1. The lowest BCUT2D eigenvalue weighted by molar-refractivity contribution is -0.386. The first-order valence-electron chi connectivity index (χ1n) is 23.6. The third-order valence-corrected chi connectivity index (χ3v) is 16.8. The van der Waals surface area contributed by atoms with E-state index in [1.165, 1.54) is 44.7 Å². The number of fused-ring (bicyclic) bond motifs is 2. The van der Waals surface area contributed by atoms with E-state index < -0.39 is 43.1 Å². The van der Waals surface area contributed by atoms with Gasteiger partial charge < -0.3 is 29.2 Å². The topological polar surface area (TPSA) is 189 Å². The number of ether oxygens (including phenoxy) is 3. The number of carbonyl (C=O) groups excluding carboxylic acids is 1. The molecule has 5 fully saturated rings. The molecule has 2 atom stereocenters. The molecule has 15 nitrogen and oxygen atoms in total. The highest BCUT2D eigenvalue weighted by Crippen LogP contribution is 2.55. The number of anilines is 1. The molecule has 1 amide bonds. The highest BCUT2D eigenvalue weighted by atomic mass is 32.2. The van der Waals surface area contributed by atoms with E-state index >= 15 is 0 Å². The summed E-state index contributed by atoms with van der Waals surface area (Å²) in [6, 6.07) is 21.1. The van der Waals surface area contributed by atoms with Crippen molar-refractivity contribution in [2.24, 2.45) is 11.3 Å². The van der Waals surface area contributed by atoms with E-state index in [4.69, 9.17) is 14.2 Å². The Kier molecular flexibility index (Phi) is 10.8. The van der Waals surface area contributed by atoms with Crippen molar-refractivity contribution >= 4 is 38.3 Å². The average molecular weight is 917 g/mol. The van der Waals surface area contributed by atoms with Crippen LogP contribution in [0.4, 0.5) is 11.4 Å². The maximum atomic E-state index is 14.1. The van der Waals surface area contributed by atoms with Crippen LogP contribution < -0.4 is 23.8 Å². The molecule has 16 heteroatoms. The Morgan fingerprint density at radius 2 is 1.74 bits per heavy atom. The van der Waals surface area contributed by atoms with Crippen molar-refractivity contribution in [3.05, 3.63) is 106 Å². The zero-order chi connectivity index (χ0) is 45.4. The Labute approximate surface area is 384 Å². The highest BCUT2D eigenvalue weighted by Gasteiger charge is 2.50. The maximum absolute atomic E-state index is 14.1. The molecule has 11 rings (SSSR count). The first-order valence-corrected chi connectivity index (χ1v) is 25.0. The van der Waals surface area contributed by atoms with E-state index in [2.05, 4.69) is 48.8 Å². The van der Waals surface area contributed by atoms with Crippen molar-refractivity contribution in [1.29, 1.82) is 0 Å². The molecule has 3 aliphatic heterocycles. The van der Waals surface area contributed by atoms with Crippen LogP contribution in [-0.2, 0) is 10.0 Å². The molecule has 2 aromatic heterocycles. The van der Waals surface area contributed by atoms with Crippen molar-refractivity contribution in [3.63, 3.8) is 0 Å². The van der Waals surface area contributed by atoms with E-state index in [-0.39, 0.29) is 35.3 Å². The molecule has 346 valence electrons. The van der Waals surface area contributed by atoms with Crippen molar-refractivity contribution in [2.45, 2.75) is 119 Å². The summed E-state index contributed by atoms with van der Waals surface area (Å²) in [6.07, 6.45) is 14.8. The zero-order valence-electron chi connectivity index (χ0n) is 37.1. The van der Waals surface area contributed by atoms with Gasteiger partial charge in [-0.05, 0) is 143 Å². The largest absolute Gasteiger partial charge is 0.485 e. The molecular formula is C50H56N6O9S. The molecule has 66 heavy (non-hydrogen) atoms. The Balaban J connectivity index is 0.801. The molecule has 0 unspecified atom stereocenters. The number of nitrogens with one attached hydrogen (secondary N) is 2. The molecule has 5 aromatic rings. The molecule has 5 heterocycles. The monoisotopic (exact) mass is 916 g/mol. The molecule has 2 saturated heterocycles. The van der Waals surface area contributed by atoms with Crippen LogP contribution in [0.15, 0.2) is 84.0 Å². The fraction of sp³-hybridized carbons (Fsp3) is 0.480. The number of piperidine rings is 1. The number of hydrogen-bond acceptors (Lipinski definition) is 12. The molecule has 0 radical (unpaired) electrons. The fourth-order valence-electron chi connectivity index (χ4n) is 11.6. The van der Waals surface area contributed by atoms with Gasteiger partial charge in [0.05, 0.1) is 27.2 Å². The molecule has 3 aromatic carbocycles. The lowest BCUT2D eigenvalue weighted by Gasteiger charge is -2.56. The standard InChI is InChI=1S/C50H56N6O9S/c1-49(58)15-12-32(13-16-49)45-30-63-44-26-37(25-42(56(59)60)46(44)65-45)66(61,62)53-48(57)40-11-10-34(24-43(40)64-36-23-33-14-19-51-47(33)52-29-36)54-21-17-50(18-22-54)27-35(28-50)55-20-4-7-41(55)39-6-3-2-5-38(39)31-8-9-31/h2-3,5-6,10-11,14,19,23-26,29,31-32,35,41,45,58H,4,7-9,12-13,15-18,20-22,27-28,30H2,1H3,(H,51,52)(H,53,57)/t32-,41-,45+,49-/m1/s1. The number of nitrogens with zero attached hydrogens (tertiary/aromatic N) is 4. The molecular weight excluding hydrogens is 861 g/mol. The Bertz CT molecular complexity index is 2800. The minimum absolute atomic E-state index is 0.000182. The number of carbonyl (C=O) groups is 1. The number of benzene rings is 3. The highest BCUT2D eigenvalue weighted by molar-refractivity contribution is 7.90. The first kappa shape index (κ1) is 42.9. The van der Waals surface area contributed by atoms with E-state index in [9.17, 15) is 28.4 Å². The van der Waals surface area contributed by atoms with E-state index in [0.717, 1.165) is 61.6 Å². The van der Waals surface area contributed by atoms with Gasteiger partial charge in [0.2, 0.25) is 5.75 Å². The SMILES string of the molecule is C[C@]1(O)CC[C@H]([C@@H]2COc3cc(S(=O)(=O)NC(=O)c4ccc(N5CCC6(CC5)CC(N5CCC[C@@H]5c5ccccc5C5CC5)C6)cc4Oc4cnc5[nH]ccc5c4)cc([N+](=O)[O-])c3O2)CC1. The van der Waals surface area contributed by atoms with Gasteiger partial charge in [-0.1, -0.05) is 24.3 Å². The number of aromatic amines is 1. The second-order valence-corrected chi connectivity index (χ2v) is 21.7. The summed E-state index contributed by atoms with van der Waals surface area (Å²) >= 11 is 0. The molecule has 3 aliphatic carbocycles. The number of hydrogen-bond donors (Lipinski definition) is 3. The van der Waals surface area contributed by atoms with Gasteiger partial charge in [-0.25, -0.2) is 18.1 Å².